The zero-order chi connectivity index (χ0) is 18.4. The van der Waals surface area contributed by atoms with Gasteiger partial charge in [-0.3, -0.25) is 9.69 Å². The number of likely N-dealkylation sites (tertiary alicyclic amines) is 1. The summed E-state index contributed by atoms with van der Waals surface area (Å²) in [6, 6.07) is 9.72. The van der Waals surface area contributed by atoms with E-state index in [4.69, 9.17) is 4.74 Å². The molecule has 1 aromatic carbocycles. The van der Waals surface area contributed by atoms with Crippen molar-refractivity contribution in [2.75, 3.05) is 26.8 Å². The lowest BCUT2D eigenvalue weighted by Gasteiger charge is -2.49. The predicted molar refractivity (Wildman–Crippen MR) is 99.3 cm³/mol. The van der Waals surface area contributed by atoms with Crippen molar-refractivity contribution in [3.05, 3.63) is 35.9 Å². The summed E-state index contributed by atoms with van der Waals surface area (Å²) in [6.07, 6.45) is 1.72. The molecule has 5 nitrogen and oxygen atoms in total. The average molecular weight is 348 g/mol. The maximum Gasteiger partial charge on any atom is 0.246 e. The maximum absolute atomic E-state index is 12.2. The van der Waals surface area contributed by atoms with Crippen LogP contribution in [0.25, 0.3) is 0 Å². The number of methoxy groups -OCH3 is 1. The largest absolute Gasteiger partial charge is 0.388 e. The van der Waals surface area contributed by atoms with Crippen LogP contribution in [0, 0.1) is 5.92 Å². The molecule has 5 heteroatoms. The Morgan fingerprint density at radius 3 is 2.68 bits per heavy atom. The summed E-state index contributed by atoms with van der Waals surface area (Å²) in [4.78, 5) is 14.6. The second-order valence-electron chi connectivity index (χ2n) is 7.66. The number of nitrogens with one attached hydrogen (secondary N) is 1. The van der Waals surface area contributed by atoms with Crippen LogP contribution in [0.4, 0.5) is 0 Å². The van der Waals surface area contributed by atoms with Crippen LogP contribution in [0.15, 0.2) is 30.3 Å². The fourth-order valence-corrected chi connectivity index (χ4v) is 3.52. The summed E-state index contributed by atoms with van der Waals surface area (Å²) in [5.74, 6) is 0.416. The Hall–Kier alpha value is -1.43. The summed E-state index contributed by atoms with van der Waals surface area (Å²) < 4.78 is 4.95. The van der Waals surface area contributed by atoms with Crippen LogP contribution >= 0.6 is 0 Å². The zero-order valence-electron chi connectivity index (χ0n) is 15.9. The van der Waals surface area contributed by atoms with E-state index in [2.05, 4.69) is 36.2 Å². The number of piperidine rings is 1. The second kappa shape index (κ2) is 8.79. The van der Waals surface area contributed by atoms with Crippen molar-refractivity contribution in [2.45, 2.75) is 51.3 Å². The lowest BCUT2D eigenvalue weighted by Crippen LogP contribution is -2.63. The Bertz CT molecular complexity index is 543. The van der Waals surface area contributed by atoms with Gasteiger partial charge in [-0.05, 0) is 37.8 Å². The second-order valence-corrected chi connectivity index (χ2v) is 7.66. The Morgan fingerprint density at radius 1 is 1.40 bits per heavy atom. The molecule has 0 bridgehead atoms. The molecule has 1 amide bonds. The van der Waals surface area contributed by atoms with Gasteiger partial charge in [-0.25, -0.2) is 0 Å². The third-order valence-corrected chi connectivity index (χ3v) is 5.01. The predicted octanol–water partition coefficient (Wildman–Crippen LogP) is 2.36. The minimum absolute atomic E-state index is 0.0000831. The van der Waals surface area contributed by atoms with Gasteiger partial charge in [0.05, 0.1) is 17.7 Å². The van der Waals surface area contributed by atoms with E-state index in [0.29, 0.717) is 12.3 Å². The molecular weight excluding hydrogens is 316 g/mol. The van der Waals surface area contributed by atoms with Crippen LogP contribution in [0.1, 0.15) is 45.2 Å². The van der Waals surface area contributed by atoms with Crippen molar-refractivity contribution in [1.29, 1.82) is 0 Å². The molecule has 0 radical (unpaired) electrons. The highest BCUT2D eigenvalue weighted by atomic mass is 16.5. The zero-order valence-corrected chi connectivity index (χ0v) is 15.9. The molecule has 0 unspecified atom stereocenters. The quantitative estimate of drug-likeness (QED) is 0.794. The number of ether oxygens (including phenoxy) is 1. The van der Waals surface area contributed by atoms with Crippen molar-refractivity contribution in [3.63, 3.8) is 0 Å². The van der Waals surface area contributed by atoms with Gasteiger partial charge in [0.1, 0.15) is 6.61 Å². The van der Waals surface area contributed by atoms with Gasteiger partial charge >= 0.3 is 0 Å². The molecule has 25 heavy (non-hydrogen) atoms. The summed E-state index contributed by atoms with van der Waals surface area (Å²) in [7, 11) is 1.50. The van der Waals surface area contributed by atoms with Crippen LogP contribution < -0.4 is 5.32 Å². The third-order valence-electron chi connectivity index (χ3n) is 5.01. The molecule has 2 rings (SSSR count). The Kier molecular flexibility index (Phi) is 6.99. The minimum atomic E-state index is -0.960. The van der Waals surface area contributed by atoms with Crippen LogP contribution in [0.3, 0.4) is 0 Å². The smallest absolute Gasteiger partial charge is 0.246 e. The fraction of sp³-hybridized carbons (Fsp3) is 0.650. The minimum Gasteiger partial charge on any atom is -0.388 e. The van der Waals surface area contributed by atoms with E-state index in [9.17, 15) is 9.90 Å². The van der Waals surface area contributed by atoms with Gasteiger partial charge in [0.2, 0.25) is 5.91 Å². The summed E-state index contributed by atoms with van der Waals surface area (Å²) in [5.41, 5.74) is 0.159. The number of rotatable bonds is 7. The number of hydrogen-bond donors (Lipinski definition) is 2. The number of nitrogens with zero attached hydrogens (tertiary/aromatic N) is 1. The van der Waals surface area contributed by atoms with Crippen LogP contribution in [-0.2, 0) is 9.53 Å². The molecule has 1 heterocycles. The molecule has 0 aromatic heterocycles. The lowest BCUT2D eigenvalue weighted by molar-refractivity contribution is -0.132. The van der Waals surface area contributed by atoms with Gasteiger partial charge < -0.3 is 15.2 Å². The highest BCUT2D eigenvalue weighted by Crippen LogP contribution is 2.37. The molecule has 1 fully saturated rings. The molecule has 1 aromatic rings. The fourth-order valence-electron chi connectivity index (χ4n) is 3.52. The average Bonchev–Trinajstić information content (AvgIpc) is 2.56. The summed E-state index contributed by atoms with van der Waals surface area (Å²) >= 11 is 0. The van der Waals surface area contributed by atoms with Gasteiger partial charge in [-0.15, -0.1) is 0 Å². The molecule has 1 aliphatic heterocycles. The number of amides is 1. The third kappa shape index (κ3) is 5.27. The Labute approximate surface area is 151 Å². The van der Waals surface area contributed by atoms with E-state index in [1.165, 1.54) is 7.11 Å². The first-order valence-corrected chi connectivity index (χ1v) is 9.15. The van der Waals surface area contributed by atoms with Crippen LogP contribution in [-0.4, -0.2) is 54.4 Å². The molecule has 0 aliphatic carbocycles. The molecule has 0 saturated carbocycles. The topological polar surface area (TPSA) is 61.8 Å². The Balaban J connectivity index is 2.32. The van der Waals surface area contributed by atoms with E-state index in [1.54, 1.807) is 0 Å². The van der Waals surface area contributed by atoms with Crippen molar-refractivity contribution in [3.8, 4) is 0 Å². The highest BCUT2D eigenvalue weighted by Gasteiger charge is 2.45. The van der Waals surface area contributed by atoms with Crippen molar-refractivity contribution < 1.29 is 14.6 Å². The van der Waals surface area contributed by atoms with Gasteiger partial charge in [-0.2, -0.15) is 0 Å². The first-order chi connectivity index (χ1) is 11.8. The number of carbonyl (C=O) groups excluding carboxylic acids is 1. The summed E-state index contributed by atoms with van der Waals surface area (Å²) in [5, 5.41) is 14.0. The van der Waals surface area contributed by atoms with Crippen LogP contribution in [0.5, 0.6) is 0 Å². The van der Waals surface area contributed by atoms with E-state index in [0.717, 1.165) is 25.1 Å². The first-order valence-electron chi connectivity index (χ1n) is 9.15. The molecule has 140 valence electrons. The van der Waals surface area contributed by atoms with E-state index >= 15 is 0 Å². The first kappa shape index (κ1) is 19.9. The SMILES string of the molecule is COCC(=O)N[C@H]1[C@H](c2ccccc2)N(CCC(C)C)CC[C@@]1(C)O. The maximum atomic E-state index is 12.2. The molecular formula is C20H32N2O3. The van der Waals surface area contributed by atoms with Crippen LogP contribution in [0.2, 0.25) is 0 Å². The van der Waals surface area contributed by atoms with Gasteiger partial charge in [0.15, 0.2) is 0 Å². The molecule has 3 atom stereocenters. The van der Waals surface area contributed by atoms with Crippen molar-refractivity contribution in [2.24, 2.45) is 5.92 Å². The molecule has 2 N–H and O–H groups in total. The number of hydrogen-bond acceptors (Lipinski definition) is 4. The monoisotopic (exact) mass is 348 g/mol. The van der Waals surface area contributed by atoms with Gasteiger partial charge in [-0.1, -0.05) is 44.2 Å². The molecule has 1 saturated heterocycles. The number of carbonyl (C=O) groups is 1. The van der Waals surface area contributed by atoms with E-state index in [-0.39, 0.29) is 24.6 Å². The van der Waals surface area contributed by atoms with Gasteiger partial charge in [0.25, 0.3) is 0 Å². The summed E-state index contributed by atoms with van der Waals surface area (Å²) in [6.45, 7) is 8.02. The van der Waals surface area contributed by atoms with E-state index < -0.39 is 5.60 Å². The van der Waals surface area contributed by atoms with Gasteiger partial charge in [0, 0.05) is 13.7 Å². The normalized spacial score (nSPS) is 27.4. The Morgan fingerprint density at radius 2 is 2.08 bits per heavy atom. The van der Waals surface area contributed by atoms with E-state index in [1.807, 2.05) is 25.1 Å². The van der Waals surface area contributed by atoms with Crippen molar-refractivity contribution in [1.82, 2.24) is 10.2 Å². The standard InChI is InChI=1S/C20H32N2O3/c1-15(2)10-12-22-13-11-20(3,24)19(21-17(23)14-25-4)18(22)16-8-6-5-7-9-16/h5-9,15,18-19,24H,10-14H2,1-4H3,(H,21,23)/t18-,19-,20+/m0/s1. The molecule has 0 spiro atoms. The highest BCUT2D eigenvalue weighted by molar-refractivity contribution is 5.77. The number of benzene rings is 1. The van der Waals surface area contributed by atoms with Crippen molar-refractivity contribution >= 4 is 5.91 Å². The number of aliphatic hydroxyl groups is 1. The molecule has 1 aliphatic rings. The lowest BCUT2D eigenvalue weighted by atomic mass is 9.79.